The minimum atomic E-state index is -4.50. The molecule has 3 aromatic rings. The number of amides is 1. The van der Waals surface area contributed by atoms with Gasteiger partial charge in [-0.25, -0.2) is 0 Å². The van der Waals surface area contributed by atoms with Gasteiger partial charge in [0, 0.05) is 12.1 Å². The minimum Gasteiger partial charge on any atom is -0.497 e. The first-order valence-corrected chi connectivity index (χ1v) is 8.34. The lowest BCUT2D eigenvalue weighted by Crippen LogP contribution is -2.23. The summed E-state index contributed by atoms with van der Waals surface area (Å²) in [5.74, 6) is 0.203. The highest BCUT2D eigenvalue weighted by Gasteiger charge is 2.31. The number of nitrogens with zero attached hydrogens (tertiary/aromatic N) is 1. The Kier molecular flexibility index (Phi) is 5.39. The highest BCUT2D eigenvalue weighted by Crippen LogP contribution is 2.33. The molecule has 0 aliphatic carbocycles. The van der Waals surface area contributed by atoms with Gasteiger partial charge in [0.25, 0.3) is 5.91 Å². The van der Waals surface area contributed by atoms with E-state index in [0.29, 0.717) is 11.4 Å². The average molecular weight is 390 g/mol. The summed E-state index contributed by atoms with van der Waals surface area (Å²) in [5.41, 5.74) is 0.532. The molecule has 0 saturated carbocycles. The van der Waals surface area contributed by atoms with Gasteiger partial charge in [0.2, 0.25) is 0 Å². The summed E-state index contributed by atoms with van der Waals surface area (Å²) in [6.07, 6.45) is -4.50. The van der Waals surface area contributed by atoms with Crippen molar-refractivity contribution in [2.45, 2.75) is 19.6 Å². The molecule has 0 unspecified atom stereocenters. The zero-order valence-electron chi connectivity index (χ0n) is 15.1. The van der Waals surface area contributed by atoms with E-state index in [1.807, 2.05) is 0 Å². The van der Waals surface area contributed by atoms with Gasteiger partial charge in [0.05, 0.1) is 18.4 Å². The first-order chi connectivity index (χ1) is 13.3. The lowest BCUT2D eigenvalue weighted by molar-refractivity contribution is -0.137. The molecular weight excluding hydrogens is 373 g/mol. The number of alkyl halides is 3. The molecular formula is C20H17F3N2O3. The zero-order valence-corrected chi connectivity index (χ0v) is 15.1. The van der Waals surface area contributed by atoms with Gasteiger partial charge >= 0.3 is 6.18 Å². The van der Waals surface area contributed by atoms with Crippen molar-refractivity contribution in [1.82, 2.24) is 10.5 Å². The van der Waals surface area contributed by atoms with Crippen molar-refractivity contribution < 1.29 is 27.2 Å². The number of hydrogen-bond acceptors (Lipinski definition) is 4. The molecule has 3 rings (SSSR count). The second-order valence-electron chi connectivity index (χ2n) is 6.08. The molecule has 1 heterocycles. The fraction of sp³-hybridized carbons (Fsp3) is 0.200. The van der Waals surface area contributed by atoms with Gasteiger partial charge in [0.15, 0.2) is 5.76 Å². The van der Waals surface area contributed by atoms with E-state index in [4.69, 9.17) is 9.26 Å². The fourth-order valence-electron chi connectivity index (χ4n) is 2.69. The molecule has 28 heavy (non-hydrogen) atoms. The third-order valence-corrected chi connectivity index (χ3v) is 4.15. The number of carbonyl (C=O) groups excluding carboxylic acids is 1. The van der Waals surface area contributed by atoms with Crippen LogP contribution in [-0.2, 0) is 12.7 Å². The van der Waals surface area contributed by atoms with E-state index in [-0.39, 0.29) is 23.4 Å². The van der Waals surface area contributed by atoms with Crippen molar-refractivity contribution in [2.75, 3.05) is 7.11 Å². The molecule has 0 saturated heterocycles. The van der Waals surface area contributed by atoms with Crippen LogP contribution in [0, 0.1) is 6.92 Å². The van der Waals surface area contributed by atoms with Crippen LogP contribution in [0.3, 0.4) is 0 Å². The first kappa shape index (κ1) is 19.5. The quantitative estimate of drug-likeness (QED) is 0.691. The molecule has 5 nitrogen and oxygen atoms in total. The normalized spacial score (nSPS) is 11.3. The van der Waals surface area contributed by atoms with Crippen LogP contribution in [0.4, 0.5) is 13.2 Å². The number of halogens is 3. The van der Waals surface area contributed by atoms with Gasteiger partial charge < -0.3 is 14.6 Å². The number of nitrogens with one attached hydrogen (secondary N) is 1. The molecule has 0 radical (unpaired) electrons. The number of benzene rings is 2. The smallest absolute Gasteiger partial charge is 0.416 e. The van der Waals surface area contributed by atoms with Crippen molar-refractivity contribution in [3.05, 3.63) is 70.9 Å². The monoisotopic (exact) mass is 390 g/mol. The number of hydrogen-bond donors (Lipinski definition) is 1. The molecule has 1 aromatic heterocycles. The van der Waals surface area contributed by atoms with Crippen LogP contribution in [0.2, 0.25) is 0 Å². The van der Waals surface area contributed by atoms with E-state index in [0.717, 1.165) is 17.7 Å². The van der Waals surface area contributed by atoms with Gasteiger partial charge in [0.1, 0.15) is 11.3 Å². The highest BCUT2D eigenvalue weighted by molar-refractivity contribution is 6.00. The molecule has 0 aliphatic rings. The predicted octanol–water partition coefficient (Wildman–Crippen LogP) is 4.61. The third-order valence-electron chi connectivity index (χ3n) is 4.15. The van der Waals surface area contributed by atoms with Gasteiger partial charge in [-0.15, -0.1) is 0 Å². The Balaban J connectivity index is 1.83. The van der Waals surface area contributed by atoms with E-state index in [9.17, 15) is 18.0 Å². The van der Waals surface area contributed by atoms with Crippen molar-refractivity contribution >= 4 is 5.91 Å². The van der Waals surface area contributed by atoms with E-state index >= 15 is 0 Å². The van der Waals surface area contributed by atoms with Gasteiger partial charge in [-0.2, -0.15) is 13.2 Å². The summed E-state index contributed by atoms with van der Waals surface area (Å²) in [6, 6.07) is 11.7. The van der Waals surface area contributed by atoms with Crippen molar-refractivity contribution in [3.63, 3.8) is 0 Å². The number of methoxy groups -OCH3 is 1. The van der Waals surface area contributed by atoms with Crippen LogP contribution in [0.15, 0.2) is 53.1 Å². The van der Waals surface area contributed by atoms with Gasteiger partial charge in [-0.3, -0.25) is 4.79 Å². The van der Waals surface area contributed by atoms with E-state index < -0.39 is 17.6 Å². The zero-order chi connectivity index (χ0) is 20.3. The summed E-state index contributed by atoms with van der Waals surface area (Å²) in [6.45, 7) is 1.79. The van der Waals surface area contributed by atoms with Crippen LogP contribution >= 0.6 is 0 Å². The molecule has 1 N–H and O–H groups in total. The maximum Gasteiger partial charge on any atom is 0.416 e. The van der Waals surface area contributed by atoms with Crippen molar-refractivity contribution in [3.8, 4) is 17.1 Å². The Morgan fingerprint density at radius 2 is 1.89 bits per heavy atom. The summed E-state index contributed by atoms with van der Waals surface area (Å²) >= 11 is 0. The molecule has 8 heteroatoms. The maximum atomic E-state index is 13.0. The van der Waals surface area contributed by atoms with Crippen LogP contribution < -0.4 is 10.1 Å². The van der Waals surface area contributed by atoms with E-state index in [2.05, 4.69) is 10.5 Å². The van der Waals surface area contributed by atoms with Crippen LogP contribution in [0.5, 0.6) is 5.75 Å². The summed E-state index contributed by atoms with van der Waals surface area (Å²) in [7, 11) is 1.56. The SMILES string of the molecule is COc1ccc(CNC(=O)c2c(C)noc2-c2cccc(C(F)(F)F)c2)cc1. The number of ether oxygens (including phenoxy) is 1. The average Bonchev–Trinajstić information content (AvgIpc) is 3.07. The Bertz CT molecular complexity index is 979. The summed E-state index contributed by atoms with van der Waals surface area (Å²) in [4.78, 5) is 12.6. The Labute approximate surface area is 159 Å². The third kappa shape index (κ3) is 4.16. The molecule has 0 aliphatic heterocycles. The lowest BCUT2D eigenvalue weighted by atomic mass is 10.0. The molecule has 0 fully saturated rings. The standard InChI is InChI=1S/C20H17F3N2O3/c1-12-17(19(26)24-11-13-6-8-16(27-2)9-7-13)18(28-25-12)14-4-3-5-15(10-14)20(21,22)23/h3-10H,11H2,1-2H3,(H,24,26). The minimum absolute atomic E-state index is 0.00386. The van der Waals surface area contributed by atoms with Gasteiger partial charge in [-0.1, -0.05) is 29.4 Å². The summed E-state index contributed by atoms with van der Waals surface area (Å²) < 4.78 is 49.2. The van der Waals surface area contributed by atoms with Crippen LogP contribution in [-0.4, -0.2) is 18.2 Å². The fourth-order valence-corrected chi connectivity index (χ4v) is 2.69. The number of aromatic nitrogens is 1. The lowest BCUT2D eigenvalue weighted by Gasteiger charge is -2.09. The number of aryl methyl sites for hydroxylation is 1. The Morgan fingerprint density at radius 3 is 2.54 bits per heavy atom. The largest absolute Gasteiger partial charge is 0.497 e. The second kappa shape index (κ2) is 7.75. The molecule has 0 atom stereocenters. The van der Waals surface area contributed by atoms with Crippen molar-refractivity contribution in [1.29, 1.82) is 0 Å². The van der Waals surface area contributed by atoms with E-state index in [1.54, 1.807) is 38.3 Å². The van der Waals surface area contributed by atoms with Crippen LogP contribution in [0.25, 0.3) is 11.3 Å². The number of rotatable bonds is 5. The molecule has 146 valence electrons. The molecule has 0 spiro atoms. The first-order valence-electron chi connectivity index (χ1n) is 8.34. The van der Waals surface area contributed by atoms with Crippen LogP contribution in [0.1, 0.15) is 27.2 Å². The molecule has 2 aromatic carbocycles. The Morgan fingerprint density at radius 1 is 1.18 bits per heavy atom. The molecule has 1 amide bonds. The van der Waals surface area contributed by atoms with Crippen molar-refractivity contribution in [2.24, 2.45) is 0 Å². The topological polar surface area (TPSA) is 64.4 Å². The molecule has 0 bridgehead atoms. The second-order valence-corrected chi connectivity index (χ2v) is 6.08. The summed E-state index contributed by atoms with van der Waals surface area (Å²) in [5, 5.41) is 6.48. The van der Waals surface area contributed by atoms with Gasteiger partial charge in [-0.05, 0) is 36.8 Å². The predicted molar refractivity (Wildman–Crippen MR) is 95.8 cm³/mol. The highest BCUT2D eigenvalue weighted by atomic mass is 19.4. The maximum absolute atomic E-state index is 13.0. The van der Waals surface area contributed by atoms with E-state index in [1.165, 1.54) is 12.1 Å². The number of carbonyl (C=O) groups is 1. The Hall–Kier alpha value is -3.29.